The van der Waals surface area contributed by atoms with E-state index in [-0.39, 0.29) is 12.0 Å². The van der Waals surface area contributed by atoms with Crippen molar-refractivity contribution in [3.63, 3.8) is 0 Å². The molecule has 2 aliphatic carbocycles. The number of rotatable bonds is 1. The zero-order chi connectivity index (χ0) is 13.0. The molecule has 19 heavy (non-hydrogen) atoms. The van der Waals surface area contributed by atoms with Crippen LogP contribution in [-0.2, 0) is 6.42 Å². The van der Waals surface area contributed by atoms with Crippen molar-refractivity contribution >= 4 is 0 Å². The van der Waals surface area contributed by atoms with Crippen LogP contribution in [0.3, 0.4) is 0 Å². The topological polar surface area (TPSA) is 42.2 Å². The lowest BCUT2D eigenvalue weighted by Gasteiger charge is -2.39. The lowest BCUT2D eigenvalue weighted by Crippen LogP contribution is -2.37. The highest BCUT2D eigenvalue weighted by Crippen LogP contribution is 2.57. The number of benzene rings is 1. The quantitative estimate of drug-likeness (QED) is 0.774. The van der Waals surface area contributed by atoms with Gasteiger partial charge in [0.2, 0.25) is 0 Å². The minimum Gasteiger partial charge on any atom is -0.493 e. The fourth-order valence-electron chi connectivity index (χ4n) is 4.30. The van der Waals surface area contributed by atoms with Crippen molar-refractivity contribution in [1.82, 2.24) is 0 Å². The predicted octanol–water partition coefficient (Wildman–Crippen LogP) is 3.04. The number of hydrogen-bond acceptors (Lipinski definition) is 3. The number of hydrogen-bond donors (Lipinski definition) is 0. The summed E-state index contributed by atoms with van der Waals surface area (Å²) in [6, 6.07) is 6.64. The van der Waals surface area contributed by atoms with Crippen LogP contribution in [0.4, 0.5) is 0 Å². The molecule has 1 fully saturated rings. The van der Waals surface area contributed by atoms with E-state index in [1.807, 2.05) is 6.07 Å². The Morgan fingerprint density at radius 2 is 2.26 bits per heavy atom. The van der Waals surface area contributed by atoms with Gasteiger partial charge in [-0.2, -0.15) is 5.26 Å². The number of nitriles is 1. The van der Waals surface area contributed by atoms with E-state index in [1.165, 1.54) is 24.0 Å². The van der Waals surface area contributed by atoms with Crippen LogP contribution in [0.25, 0.3) is 0 Å². The third-order valence-corrected chi connectivity index (χ3v) is 5.08. The molecule has 0 amide bonds. The van der Waals surface area contributed by atoms with Gasteiger partial charge in [-0.1, -0.05) is 6.07 Å². The van der Waals surface area contributed by atoms with Crippen LogP contribution in [0.1, 0.15) is 36.3 Å². The highest BCUT2D eigenvalue weighted by Gasteiger charge is 2.49. The Kier molecular flexibility index (Phi) is 2.29. The molecule has 0 aromatic heterocycles. The normalized spacial score (nSPS) is 34.1. The standard InChI is InChI=1S/C16H17NO2/c1-18-13-6-5-9-7-10(8-17)11-3-2-4-12-15(11)14(9)16(13)19-12/h5-6,10-12,15H,2-4,7H2,1H3/t10-,11-,12-,15+/m1/s1. The van der Waals surface area contributed by atoms with E-state index >= 15 is 0 Å². The molecule has 3 nitrogen and oxygen atoms in total. The van der Waals surface area contributed by atoms with Crippen LogP contribution in [0.5, 0.6) is 11.5 Å². The fourth-order valence-corrected chi connectivity index (χ4v) is 4.30. The summed E-state index contributed by atoms with van der Waals surface area (Å²) in [6.07, 6.45) is 4.59. The summed E-state index contributed by atoms with van der Waals surface area (Å²) >= 11 is 0. The third kappa shape index (κ3) is 1.37. The summed E-state index contributed by atoms with van der Waals surface area (Å²) in [7, 11) is 1.70. The number of nitrogens with zero attached hydrogens (tertiary/aromatic N) is 1. The Morgan fingerprint density at radius 1 is 1.37 bits per heavy atom. The molecule has 0 unspecified atom stereocenters. The Morgan fingerprint density at radius 3 is 3.05 bits per heavy atom. The van der Waals surface area contributed by atoms with E-state index in [0.29, 0.717) is 11.8 Å². The van der Waals surface area contributed by atoms with E-state index in [1.54, 1.807) is 7.11 Å². The predicted molar refractivity (Wildman–Crippen MR) is 70.3 cm³/mol. The van der Waals surface area contributed by atoms with E-state index in [0.717, 1.165) is 24.3 Å². The SMILES string of the molecule is COc1ccc2c3c1O[C@@H]1CCC[C@@H]([C@H]31)[C@@H](C#N)C2. The van der Waals surface area contributed by atoms with Crippen molar-refractivity contribution in [2.45, 2.75) is 37.7 Å². The second-order valence-corrected chi connectivity index (χ2v) is 5.89. The first-order valence-corrected chi connectivity index (χ1v) is 7.09. The molecule has 1 aromatic rings. The molecule has 0 N–H and O–H groups in total. The van der Waals surface area contributed by atoms with Crippen molar-refractivity contribution in [2.24, 2.45) is 11.8 Å². The summed E-state index contributed by atoms with van der Waals surface area (Å²) in [5.41, 5.74) is 2.65. The molecule has 1 aliphatic heterocycles. The minimum absolute atomic E-state index is 0.156. The van der Waals surface area contributed by atoms with E-state index in [2.05, 4.69) is 12.1 Å². The van der Waals surface area contributed by atoms with Crippen LogP contribution in [0.2, 0.25) is 0 Å². The van der Waals surface area contributed by atoms with Crippen molar-refractivity contribution in [3.8, 4) is 17.6 Å². The van der Waals surface area contributed by atoms with Crippen LogP contribution in [0.15, 0.2) is 12.1 Å². The molecule has 4 rings (SSSR count). The molecule has 98 valence electrons. The van der Waals surface area contributed by atoms with Gasteiger partial charge in [-0.25, -0.2) is 0 Å². The molecule has 1 saturated carbocycles. The summed E-state index contributed by atoms with van der Waals surface area (Å²) in [5.74, 6) is 2.86. The van der Waals surface area contributed by atoms with Gasteiger partial charge in [0, 0.05) is 11.5 Å². The zero-order valence-corrected chi connectivity index (χ0v) is 11.1. The molecule has 0 saturated heterocycles. The van der Waals surface area contributed by atoms with Gasteiger partial charge in [-0.15, -0.1) is 0 Å². The molecular formula is C16H17NO2. The average Bonchev–Trinajstić information content (AvgIpc) is 2.85. The Balaban J connectivity index is 1.91. The van der Waals surface area contributed by atoms with Gasteiger partial charge in [-0.05, 0) is 43.2 Å². The second-order valence-electron chi connectivity index (χ2n) is 5.89. The first-order valence-electron chi connectivity index (χ1n) is 7.09. The molecule has 3 heteroatoms. The molecule has 0 radical (unpaired) electrons. The van der Waals surface area contributed by atoms with Crippen molar-refractivity contribution in [1.29, 1.82) is 5.26 Å². The van der Waals surface area contributed by atoms with E-state index in [4.69, 9.17) is 9.47 Å². The van der Waals surface area contributed by atoms with Gasteiger partial charge in [0.1, 0.15) is 6.10 Å². The van der Waals surface area contributed by atoms with Gasteiger partial charge in [-0.3, -0.25) is 0 Å². The van der Waals surface area contributed by atoms with Crippen molar-refractivity contribution in [3.05, 3.63) is 23.3 Å². The highest BCUT2D eigenvalue weighted by molar-refractivity contribution is 5.57. The maximum Gasteiger partial charge on any atom is 0.165 e. The Hall–Kier alpha value is -1.69. The van der Waals surface area contributed by atoms with Crippen LogP contribution in [0, 0.1) is 23.2 Å². The highest BCUT2D eigenvalue weighted by atomic mass is 16.5. The summed E-state index contributed by atoms with van der Waals surface area (Å²) in [5, 5.41) is 9.44. The number of methoxy groups -OCH3 is 1. The first kappa shape index (κ1) is 11.2. The molecule has 1 heterocycles. The zero-order valence-electron chi connectivity index (χ0n) is 11.1. The minimum atomic E-state index is 0.156. The fraction of sp³-hybridized carbons (Fsp3) is 0.562. The van der Waals surface area contributed by atoms with Gasteiger partial charge in [0.05, 0.1) is 19.1 Å². The summed E-state index contributed by atoms with van der Waals surface area (Å²) in [4.78, 5) is 0. The Labute approximate surface area is 113 Å². The first-order chi connectivity index (χ1) is 9.33. The van der Waals surface area contributed by atoms with Crippen LogP contribution in [-0.4, -0.2) is 13.2 Å². The number of ether oxygens (including phenoxy) is 2. The molecule has 4 atom stereocenters. The largest absolute Gasteiger partial charge is 0.493 e. The molecule has 0 spiro atoms. The van der Waals surface area contributed by atoms with Crippen molar-refractivity contribution < 1.29 is 9.47 Å². The van der Waals surface area contributed by atoms with Crippen LogP contribution >= 0.6 is 0 Å². The molecule has 3 aliphatic rings. The molecule has 0 bridgehead atoms. The summed E-state index contributed by atoms with van der Waals surface area (Å²) in [6.45, 7) is 0. The van der Waals surface area contributed by atoms with E-state index < -0.39 is 0 Å². The third-order valence-electron chi connectivity index (χ3n) is 5.08. The summed E-state index contributed by atoms with van der Waals surface area (Å²) < 4.78 is 11.6. The van der Waals surface area contributed by atoms with Crippen molar-refractivity contribution in [2.75, 3.05) is 7.11 Å². The van der Waals surface area contributed by atoms with E-state index in [9.17, 15) is 5.26 Å². The Bertz CT molecular complexity index is 575. The molecular weight excluding hydrogens is 238 g/mol. The monoisotopic (exact) mass is 255 g/mol. The second kappa shape index (κ2) is 3.90. The lowest BCUT2D eigenvalue weighted by atomic mass is 9.63. The van der Waals surface area contributed by atoms with Crippen LogP contribution < -0.4 is 9.47 Å². The van der Waals surface area contributed by atoms with Gasteiger partial charge < -0.3 is 9.47 Å². The maximum absolute atomic E-state index is 9.44. The molecule has 1 aromatic carbocycles. The van der Waals surface area contributed by atoms with Gasteiger partial charge in [0.25, 0.3) is 0 Å². The van der Waals surface area contributed by atoms with Gasteiger partial charge >= 0.3 is 0 Å². The van der Waals surface area contributed by atoms with Gasteiger partial charge in [0.15, 0.2) is 11.5 Å². The average molecular weight is 255 g/mol. The smallest absolute Gasteiger partial charge is 0.165 e. The lowest BCUT2D eigenvalue weighted by molar-refractivity contribution is 0.104. The maximum atomic E-state index is 9.44.